The second-order valence-electron chi connectivity index (χ2n) is 6.37. The quantitative estimate of drug-likeness (QED) is 0.697. The van der Waals surface area contributed by atoms with E-state index in [0.29, 0.717) is 29.4 Å². The number of anilines is 1. The summed E-state index contributed by atoms with van der Waals surface area (Å²) >= 11 is 0. The van der Waals surface area contributed by atoms with Crippen LogP contribution in [0, 0.1) is 13.8 Å². The van der Waals surface area contributed by atoms with E-state index < -0.39 is 12.0 Å². The molecule has 1 aromatic carbocycles. The lowest BCUT2D eigenvalue weighted by atomic mass is 10.1. The number of alkyl halides is 3. The Balaban J connectivity index is 1.73. The number of fused-ring (bicyclic) bond motifs is 2. The molecule has 1 aliphatic rings. The number of nitrogens with zero attached hydrogens (tertiary/aromatic N) is 5. The molecule has 27 heavy (non-hydrogen) atoms. The molecule has 0 fully saturated rings. The highest BCUT2D eigenvalue weighted by molar-refractivity contribution is 5.59. The summed E-state index contributed by atoms with van der Waals surface area (Å²) in [5, 5.41) is 11.1. The van der Waals surface area contributed by atoms with E-state index in [-0.39, 0.29) is 12.4 Å². The molecule has 142 valence electrons. The Bertz CT molecular complexity index is 1030. The van der Waals surface area contributed by atoms with Crippen LogP contribution in [0.3, 0.4) is 0 Å². The fourth-order valence-corrected chi connectivity index (χ4v) is 3.04. The second kappa shape index (κ2) is 6.00. The SMILES string of the molecule is Cc1c(N(C)Cc2ccc3c(c2)OCO3)nn2c(C(F)(F)F)nnc2c1C. The van der Waals surface area contributed by atoms with E-state index in [4.69, 9.17) is 9.47 Å². The molecule has 3 heterocycles. The molecule has 0 radical (unpaired) electrons. The van der Waals surface area contributed by atoms with Crippen molar-refractivity contribution in [1.29, 1.82) is 0 Å². The average Bonchev–Trinajstić information content (AvgIpc) is 3.23. The van der Waals surface area contributed by atoms with Crippen molar-refractivity contribution < 1.29 is 22.6 Å². The second-order valence-corrected chi connectivity index (χ2v) is 6.37. The summed E-state index contributed by atoms with van der Waals surface area (Å²) in [6.07, 6.45) is -4.64. The Morgan fingerprint density at radius 2 is 1.85 bits per heavy atom. The Kier molecular flexibility index (Phi) is 3.86. The number of aromatic nitrogens is 4. The van der Waals surface area contributed by atoms with E-state index in [1.54, 1.807) is 25.8 Å². The molecule has 0 unspecified atom stereocenters. The number of rotatable bonds is 3. The molecular formula is C17H16F3N5O2. The van der Waals surface area contributed by atoms with Gasteiger partial charge in [-0.25, -0.2) is 0 Å². The van der Waals surface area contributed by atoms with Crippen molar-refractivity contribution in [3.63, 3.8) is 0 Å². The first-order valence-corrected chi connectivity index (χ1v) is 8.15. The van der Waals surface area contributed by atoms with Crippen molar-refractivity contribution in [2.24, 2.45) is 0 Å². The van der Waals surface area contributed by atoms with Gasteiger partial charge in [0.2, 0.25) is 6.79 Å². The maximum absolute atomic E-state index is 13.2. The van der Waals surface area contributed by atoms with Crippen LogP contribution in [-0.4, -0.2) is 33.7 Å². The summed E-state index contributed by atoms with van der Waals surface area (Å²) in [4.78, 5) is 1.78. The third-order valence-corrected chi connectivity index (χ3v) is 4.54. The van der Waals surface area contributed by atoms with Crippen LogP contribution in [0.1, 0.15) is 22.5 Å². The Hall–Kier alpha value is -3.04. The van der Waals surface area contributed by atoms with Crippen LogP contribution in [-0.2, 0) is 12.7 Å². The first kappa shape index (κ1) is 17.4. The van der Waals surface area contributed by atoms with Crippen molar-refractivity contribution in [3.05, 3.63) is 40.7 Å². The van der Waals surface area contributed by atoms with Crippen LogP contribution >= 0.6 is 0 Å². The number of ether oxygens (including phenoxy) is 2. The van der Waals surface area contributed by atoms with Crippen LogP contribution in [0.25, 0.3) is 5.65 Å². The lowest BCUT2D eigenvalue weighted by Gasteiger charge is -2.21. The molecule has 2 aromatic heterocycles. The number of halogens is 3. The number of aryl methyl sites for hydroxylation is 1. The largest absolute Gasteiger partial charge is 0.454 e. The molecule has 0 bridgehead atoms. The van der Waals surface area contributed by atoms with Gasteiger partial charge in [0.1, 0.15) is 0 Å². The van der Waals surface area contributed by atoms with Gasteiger partial charge in [0.15, 0.2) is 23.0 Å². The molecular weight excluding hydrogens is 363 g/mol. The van der Waals surface area contributed by atoms with Crippen molar-refractivity contribution in [3.8, 4) is 11.5 Å². The molecule has 0 saturated heterocycles. The zero-order valence-electron chi connectivity index (χ0n) is 14.8. The van der Waals surface area contributed by atoms with Crippen molar-refractivity contribution >= 4 is 11.5 Å². The van der Waals surface area contributed by atoms with Gasteiger partial charge in [0.05, 0.1) is 0 Å². The van der Waals surface area contributed by atoms with Crippen LogP contribution in [0.2, 0.25) is 0 Å². The highest BCUT2D eigenvalue weighted by Crippen LogP contribution is 2.34. The minimum absolute atomic E-state index is 0.0973. The molecule has 10 heteroatoms. The monoisotopic (exact) mass is 379 g/mol. The smallest absolute Gasteiger partial charge is 0.453 e. The summed E-state index contributed by atoms with van der Waals surface area (Å²) in [6.45, 7) is 4.12. The maximum Gasteiger partial charge on any atom is 0.453 e. The first-order valence-electron chi connectivity index (χ1n) is 8.15. The molecule has 3 aromatic rings. The van der Waals surface area contributed by atoms with Crippen LogP contribution in [0.5, 0.6) is 11.5 Å². The maximum atomic E-state index is 13.2. The van der Waals surface area contributed by atoms with Gasteiger partial charge < -0.3 is 14.4 Å². The molecule has 0 amide bonds. The van der Waals surface area contributed by atoms with E-state index in [0.717, 1.165) is 15.6 Å². The fourth-order valence-electron chi connectivity index (χ4n) is 3.04. The Morgan fingerprint density at radius 1 is 1.11 bits per heavy atom. The molecule has 0 N–H and O–H groups in total. The van der Waals surface area contributed by atoms with E-state index in [9.17, 15) is 13.2 Å². The highest BCUT2D eigenvalue weighted by atomic mass is 19.4. The Morgan fingerprint density at radius 3 is 2.59 bits per heavy atom. The fraction of sp³-hybridized carbons (Fsp3) is 0.353. The Labute approximate surface area is 152 Å². The summed E-state index contributed by atoms with van der Waals surface area (Å²) in [5.41, 5.74) is 2.35. The number of hydrogen-bond acceptors (Lipinski definition) is 6. The molecule has 7 nitrogen and oxygen atoms in total. The van der Waals surface area contributed by atoms with Crippen molar-refractivity contribution in [2.45, 2.75) is 26.6 Å². The normalized spacial score (nSPS) is 13.4. The van der Waals surface area contributed by atoms with Gasteiger partial charge in [-0.05, 0) is 31.5 Å². The van der Waals surface area contributed by atoms with E-state index in [1.165, 1.54) is 0 Å². The van der Waals surface area contributed by atoms with Gasteiger partial charge in [-0.1, -0.05) is 6.07 Å². The highest BCUT2D eigenvalue weighted by Gasteiger charge is 2.38. The predicted molar refractivity (Wildman–Crippen MR) is 89.9 cm³/mol. The summed E-state index contributed by atoms with van der Waals surface area (Å²) in [7, 11) is 1.77. The molecule has 4 rings (SSSR count). The topological polar surface area (TPSA) is 64.8 Å². The van der Waals surface area contributed by atoms with Crippen LogP contribution in [0.4, 0.5) is 19.0 Å². The van der Waals surface area contributed by atoms with E-state index >= 15 is 0 Å². The minimum atomic E-state index is -4.64. The molecule has 1 aliphatic heterocycles. The molecule has 0 aliphatic carbocycles. The summed E-state index contributed by atoms with van der Waals surface area (Å²) < 4.78 is 51.0. The van der Waals surface area contributed by atoms with Gasteiger partial charge in [0, 0.05) is 24.7 Å². The van der Waals surface area contributed by atoms with E-state index in [2.05, 4.69) is 15.3 Å². The summed E-state index contributed by atoms with van der Waals surface area (Å²) in [5.74, 6) is 0.601. The molecule has 0 atom stereocenters. The lowest BCUT2D eigenvalue weighted by molar-refractivity contribution is -0.146. The zero-order valence-corrected chi connectivity index (χ0v) is 14.8. The first-order chi connectivity index (χ1) is 12.8. The van der Waals surface area contributed by atoms with Gasteiger partial charge in [0.25, 0.3) is 5.82 Å². The van der Waals surface area contributed by atoms with Gasteiger partial charge in [-0.3, -0.25) is 0 Å². The van der Waals surface area contributed by atoms with Gasteiger partial charge in [-0.15, -0.1) is 15.3 Å². The van der Waals surface area contributed by atoms with Crippen LogP contribution < -0.4 is 14.4 Å². The lowest BCUT2D eigenvalue weighted by Crippen LogP contribution is -2.22. The molecule has 0 saturated carbocycles. The molecule has 0 spiro atoms. The number of hydrogen-bond donors (Lipinski definition) is 0. The third-order valence-electron chi connectivity index (χ3n) is 4.54. The zero-order chi connectivity index (χ0) is 19.3. The average molecular weight is 379 g/mol. The van der Waals surface area contributed by atoms with Crippen molar-refractivity contribution in [1.82, 2.24) is 19.8 Å². The third kappa shape index (κ3) is 2.90. The predicted octanol–water partition coefficient (Wildman–Crippen LogP) is 3.13. The minimum Gasteiger partial charge on any atom is -0.454 e. The number of benzene rings is 1. The standard InChI is InChI=1S/C17H16F3N5O2/c1-9-10(2)15(23-25-14(9)21-22-16(25)17(18,19)20)24(3)7-11-4-5-12-13(6-11)27-8-26-12/h4-6H,7-8H2,1-3H3. The van der Waals surface area contributed by atoms with E-state index in [1.807, 2.05) is 18.2 Å². The van der Waals surface area contributed by atoms with Crippen molar-refractivity contribution in [2.75, 3.05) is 18.7 Å². The van der Waals surface area contributed by atoms with Crippen LogP contribution in [0.15, 0.2) is 18.2 Å². The van der Waals surface area contributed by atoms with Gasteiger partial charge >= 0.3 is 6.18 Å². The summed E-state index contributed by atoms with van der Waals surface area (Å²) in [6, 6.07) is 5.53. The van der Waals surface area contributed by atoms with Gasteiger partial charge in [-0.2, -0.15) is 17.7 Å².